The lowest BCUT2D eigenvalue weighted by Gasteiger charge is -2.39. The molecule has 0 aliphatic rings. The van der Waals surface area contributed by atoms with E-state index >= 15 is 0 Å². The molecule has 0 radical (unpaired) electrons. The summed E-state index contributed by atoms with van der Waals surface area (Å²) in [6.45, 7) is 0. The summed E-state index contributed by atoms with van der Waals surface area (Å²) in [5, 5.41) is 9.44. The molecular weight excluding hydrogens is 515 g/mol. The summed E-state index contributed by atoms with van der Waals surface area (Å²) in [5.41, 5.74) is -3.32. The number of carbonyl (C=O) groups is 1. The van der Waals surface area contributed by atoms with Gasteiger partial charge in [0, 0.05) is 14.7 Å². The molecular formula is C22H13F9O3S. The predicted octanol–water partition coefficient (Wildman–Crippen LogP) is 8.63. The maximum Gasteiger partial charge on any atom is 0.517 e. The van der Waals surface area contributed by atoms with E-state index in [1.165, 1.54) is 0 Å². The summed E-state index contributed by atoms with van der Waals surface area (Å²) >= 11 is 0. The van der Waals surface area contributed by atoms with E-state index in [0.717, 1.165) is 36.4 Å². The van der Waals surface area contributed by atoms with Crippen LogP contribution in [0.4, 0.5) is 44.3 Å². The molecule has 1 N–H and O–H groups in total. The average molecular weight is 528 g/mol. The lowest BCUT2D eigenvalue weighted by atomic mass is 10.2. The fourth-order valence-electron chi connectivity index (χ4n) is 3.17. The molecule has 0 saturated heterocycles. The molecule has 0 unspecified atom stereocenters. The van der Waals surface area contributed by atoms with Crippen molar-refractivity contribution in [2.24, 2.45) is 0 Å². The molecule has 13 heteroatoms. The van der Waals surface area contributed by atoms with Gasteiger partial charge in [0.1, 0.15) is 0 Å². The van der Waals surface area contributed by atoms with Crippen LogP contribution in [-0.4, -0.2) is 11.3 Å². The first-order chi connectivity index (χ1) is 16.0. The van der Waals surface area contributed by atoms with E-state index in [9.17, 15) is 49.4 Å². The Morgan fingerprint density at radius 2 is 0.771 bits per heavy atom. The molecule has 0 spiro atoms. The van der Waals surface area contributed by atoms with E-state index in [1.807, 2.05) is 0 Å². The quantitative estimate of drug-likeness (QED) is 0.345. The Kier molecular flexibility index (Phi) is 6.77. The Morgan fingerprint density at radius 1 is 0.543 bits per heavy atom. The fraction of sp³-hybridized carbons (Fsp3) is 0.136. The number of hydrogen-bond acceptors (Lipinski definition) is 2. The number of benzene rings is 3. The third-order valence-electron chi connectivity index (χ3n) is 4.74. The van der Waals surface area contributed by atoms with Gasteiger partial charge in [0.2, 0.25) is 0 Å². The lowest BCUT2D eigenvalue weighted by Crippen LogP contribution is -2.14. The highest BCUT2D eigenvalue weighted by molar-refractivity contribution is 8.30. The fourth-order valence-corrected chi connectivity index (χ4v) is 6.04. The Morgan fingerprint density at radius 3 is 0.943 bits per heavy atom. The van der Waals surface area contributed by atoms with Crippen LogP contribution in [0.2, 0.25) is 0 Å². The Labute approximate surface area is 193 Å². The molecule has 3 nitrogen and oxygen atoms in total. The largest absolute Gasteiger partial charge is 0.517 e. The zero-order valence-electron chi connectivity index (χ0n) is 17.0. The number of hydrogen-bond donors (Lipinski definition) is 1. The first-order valence-electron chi connectivity index (χ1n) is 9.33. The van der Waals surface area contributed by atoms with Gasteiger partial charge in [0.05, 0.1) is 16.7 Å². The molecule has 3 aromatic rings. The predicted molar refractivity (Wildman–Crippen MR) is 106 cm³/mol. The molecule has 188 valence electrons. The molecule has 3 aromatic carbocycles. The SMILES string of the molecule is O=C(O)OS(c1ccc(C(F)(F)F)cc1)(c1ccc(C(F)(F)F)cc1)c1ccc(C(F)(F)F)cc1. The van der Waals surface area contributed by atoms with Crippen molar-refractivity contribution in [3.05, 3.63) is 89.5 Å². The smallest absolute Gasteiger partial charge is 0.449 e. The third kappa shape index (κ3) is 5.50. The molecule has 0 aliphatic carbocycles. The van der Waals surface area contributed by atoms with Gasteiger partial charge < -0.3 is 9.29 Å². The van der Waals surface area contributed by atoms with Crippen molar-refractivity contribution >= 4 is 16.5 Å². The monoisotopic (exact) mass is 528 g/mol. The van der Waals surface area contributed by atoms with E-state index in [4.69, 9.17) is 4.18 Å². The second-order valence-electron chi connectivity index (χ2n) is 6.97. The van der Waals surface area contributed by atoms with E-state index in [1.54, 1.807) is 0 Å². The van der Waals surface area contributed by atoms with Crippen molar-refractivity contribution in [1.82, 2.24) is 0 Å². The van der Waals surface area contributed by atoms with E-state index < -0.39 is 51.7 Å². The lowest BCUT2D eigenvalue weighted by molar-refractivity contribution is -0.138. The van der Waals surface area contributed by atoms with Crippen molar-refractivity contribution in [3.63, 3.8) is 0 Å². The van der Waals surface area contributed by atoms with Gasteiger partial charge in [-0.05, 0) is 83.1 Å². The van der Waals surface area contributed by atoms with E-state index in [0.29, 0.717) is 36.4 Å². The number of rotatable bonds is 4. The zero-order chi connectivity index (χ0) is 26.2. The van der Waals surface area contributed by atoms with Gasteiger partial charge >= 0.3 is 24.7 Å². The van der Waals surface area contributed by atoms with Gasteiger partial charge in [-0.2, -0.15) is 39.5 Å². The molecule has 0 heterocycles. The molecule has 0 aliphatic heterocycles. The van der Waals surface area contributed by atoms with Crippen LogP contribution in [0.3, 0.4) is 0 Å². The van der Waals surface area contributed by atoms with Gasteiger partial charge in [-0.3, -0.25) is 0 Å². The minimum absolute atomic E-state index is 0.201. The van der Waals surface area contributed by atoms with Crippen LogP contribution in [0.5, 0.6) is 0 Å². The molecule has 0 bridgehead atoms. The van der Waals surface area contributed by atoms with Crippen molar-refractivity contribution in [3.8, 4) is 0 Å². The summed E-state index contributed by atoms with van der Waals surface area (Å²) < 4.78 is 123. The first-order valence-corrected chi connectivity index (χ1v) is 10.9. The second-order valence-corrected chi connectivity index (χ2v) is 9.67. The van der Waals surface area contributed by atoms with Crippen LogP contribution < -0.4 is 0 Å². The average Bonchev–Trinajstić information content (AvgIpc) is 2.76. The van der Waals surface area contributed by atoms with Crippen LogP contribution in [0, 0.1) is 0 Å². The third-order valence-corrected chi connectivity index (χ3v) is 7.94. The molecule has 3 rings (SSSR count). The molecule has 0 amide bonds. The molecule has 0 aromatic heterocycles. The van der Waals surface area contributed by atoms with Crippen LogP contribution in [-0.2, 0) is 22.7 Å². The summed E-state index contributed by atoms with van der Waals surface area (Å²) in [4.78, 5) is 11.1. The maximum absolute atomic E-state index is 13.1. The van der Waals surface area contributed by atoms with Gasteiger partial charge in [0.25, 0.3) is 0 Å². The van der Waals surface area contributed by atoms with Gasteiger partial charge in [-0.25, -0.2) is 4.79 Å². The molecule has 35 heavy (non-hydrogen) atoms. The normalized spacial score (nSPS) is 13.4. The van der Waals surface area contributed by atoms with Crippen molar-refractivity contribution < 1.29 is 53.6 Å². The molecule has 0 atom stereocenters. The summed E-state index contributed by atoms with van der Waals surface area (Å²) in [7, 11) is -3.62. The first kappa shape index (κ1) is 26.3. The number of halogens is 9. The Bertz CT molecular complexity index is 1040. The number of carboxylic acid groups (broad SMARTS) is 1. The summed E-state index contributed by atoms with van der Waals surface area (Å²) in [6, 6.07) is 8.87. The number of alkyl halides is 9. The summed E-state index contributed by atoms with van der Waals surface area (Å²) in [5.74, 6) is 0. The zero-order valence-corrected chi connectivity index (χ0v) is 17.8. The van der Waals surface area contributed by atoms with Crippen molar-refractivity contribution in [1.29, 1.82) is 0 Å². The highest BCUT2D eigenvalue weighted by Gasteiger charge is 2.39. The minimum Gasteiger partial charge on any atom is -0.449 e. The van der Waals surface area contributed by atoms with E-state index in [-0.39, 0.29) is 14.7 Å². The van der Waals surface area contributed by atoms with Crippen LogP contribution >= 0.6 is 10.3 Å². The minimum atomic E-state index is -4.76. The van der Waals surface area contributed by atoms with Crippen molar-refractivity contribution in [2.45, 2.75) is 33.2 Å². The highest BCUT2D eigenvalue weighted by atomic mass is 32.3. The molecule has 0 saturated carbocycles. The maximum atomic E-state index is 13.1. The van der Waals surface area contributed by atoms with Crippen LogP contribution in [0.15, 0.2) is 87.5 Å². The standard InChI is InChI=1S/C22H13F9O3S/c23-20(24,25)13-1-7-16(8-2-13)35(34-19(32)33,17-9-3-14(4-10-17)21(26,27)28)18-11-5-15(6-12-18)22(29,30)31/h1-12H,(H,32,33). The topological polar surface area (TPSA) is 46.5 Å². The van der Waals surface area contributed by atoms with Gasteiger partial charge in [-0.15, -0.1) is 0 Å². The Hall–Kier alpha value is -3.35. The van der Waals surface area contributed by atoms with Gasteiger partial charge in [-0.1, -0.05) is 0 Å². The van der Waals surface area contributed by atoms with Gasteiger partial charge in [0.15, 0.2) is 0 Å². The second kappa shape index (κ2) is 9.02. The Balaban J connectivity index is 2.31. The summed E-state index contributed by atoms with van der Waals surface area (Å²) in [6.07, 6.45) is -16.2. The molecule has 0 fully saturated rings. The van der Waals surface area contributed by atoms with Crippen LogP contribution in [0.1, 0.15) is 16.7 Å². The van der Waals surface area contributed by atoms with Crippen LogP contribution in [0.25, 0.3) is 0 Å². The van der Waals surface area contributed by atoms with Crippen molar-refractivity contribution in [2.75, 3.05) is 0 Å². The van der Waals surface area contributed by atoms with E-state index in [2.05, 4.69) is 0 Å². The highest BCUT2D eigenvalue weighted by Crippen LogP contribution is 2.69.